The van der Waals surface area contributed by atoms with Gasteiger partial charge in [-0.25, -0.2) is 0 Å². The van der Waals surface area contributed by atoms with E-state index in [1.54, 1.807) is 36.4 Å². The first-order valence-electron chi connectivity index (χ1n) is 10.9. The van der Waals surface area contributed by atoms with E-state index in [0.29, 0.717) is 39.0 Å². The van der Waals surface area contributed by atoms with Gasteiger partial charge in [-0.1, -0.05) is 23.7 Å². The lowest BCUT2D eigenvalue weighted by atomic mass is 9.84. The molecule has 0 bridgehead atoms. The summed E-state index contributed by atoms with van der Waals surface area (Å²) in [5, 5.41) is 11.3. The molecule has 0 aliphatic carbocycles. The number of carbonyl (C=O) groups excluding carboxylic acids is 1. The van der Waals surface area contributed by atoms with E-state index in [4.69, 9.17) is 35.0 Å². The fourth-order valence-electron chi connectivity index (χ4n) is 4.55. The first kappa shape index (κ1) is 23.6. The van der Waals surface area contributed by atoms with Crippen molar-refractivity contribution < 1.29 is 33.3 Å². The molecule has 4 aromatic rings. The monoisotopic (exact) mass is 508 g/mol. The zero-order chi connectivity index (χ0) is 25.6. The molecular weight excluding hydrogens is 488 g/mol. The molecule has 1 unspecified atom stereocenters. The third-order valence-electron chi connectivity index (χ3n) is 6.24. The summed E-state index contributed by atoms with van der Waals surface area (Å²) in [6.45, 7) is 0. The van der Waals surface area contributed by atoms with Crippen LogP contribution in [-0.2, 0) is 4.79 Å². The molecule has 1 aliphatic heterocycles. The van der Waals surface area contributed by atoms with Gasteiger partial charge in [-0.05, 0) is 23.8 Å². The molecule has 184 valence electrons. The van der Waals surface area contributed by atoms with E-state index in [9.17, 15) is 14.7 Å². The fourth-order valence-corrected chi connectivity index (χ4v) is 4.68. The molecule has 0 spiro atoms. The molecule has 36 heavy (non-hydrogen) atoms. The van der Waals surface area contributed by atoms with Crippen molar-refractivity contribution in [2.24, 2.45) is 0 Å². The molecule has 1 aromatic heterocycles. The number of carbonyl (C=O) groups is 1. The first-order valence-corrected chi connectivity index (χ1v) is 11.3. The van der Waals surface area contributed by atoms with Crippen LogP contribution in [0.1, 0.15) is 23.5 Å². The van der Waals surface area contributed by atoms with Crippen molar-refractivity contribution in [2.45, 2.75) is 12.3 Å². The summed E-state index contributed by atoms with van der Waals surface area (Å²) in [6.07, 6.45) is 1.27. The molecular formula is C27H21ClO8. The van der Waals surface area contributed by atoms with Crippen LogP contribution in [0.3, 0.4) is 0 Å². The molecule has 1 atom stereocenters. The third-order valence-corrected chi connectivity index (χ3v) is 6.49. The van der Waals surface area contributed by atoms with E-state index < -0.39 is 17.3 Å². The second kappa shape index (κ2) is 9.13. The Balaban J connectivity index is 1.78. The molecule has 0 fully saturated rings. The Morgan fingerprint density at radius 3 is 2.28 bits per heavy atom. The summed E-state index contributed by atoms with van der Waals surface area (Å²) in [5.41, 5.74) is 1.55. The highest BCUT2D eigenvalue weighted by Crippen LogP contribution is 2.49. The summed E-state index contributed by atoms with van der Waals surface area (Å²) in [4.78, 5) is 26.1. The average Bonchev–Trinajstić information content (AvgIpc) is 2.87. The largest absolute Gasteiger partial charge is 0.507 e. The van der Waals surface area contributed by atoms with E-state index >= 15 is 0 Å². The van der Waals surface area contributed by atoms with Gasteiger partial charge < -0.3 is 28.5 Å². The molecule has 9 heteroatoms. The number of benzene rings is 3. The lowest BCUT2D eigenvalue weighted by Gasteiger charge is -2.27. The van der Waals surface area contributed by atoms with Crippen LogP contribution in [0.2, 0.25) is 5.02 Å². The summed E-state index contributed by atoms with van der Waals surface area (Å²) < 4.78 is 27.8. The van der Waals surface area contributed by atoms with Crippen molar-refractivity contribution in [3.8, 4) is 39.9 Å². The molecule has 0 saturated heterocycles. The van der Waals surface area contributed by atoms with Gasteiger partial charge in [0.2, 0.25) is 5.43 Å². The highest BCUT2D eigenvalue weighted by Gasteiger charge is 2.36. The Morgan fingerprint density at radius 2 is 1.61 bits per heavy atom. The Hall–Kier alpha value is -4.17. The number of phenols is 1. The van der Waals surface area contributed by atoms with Crippen molar-refractivity contribution in [1.29, 1.82) is 0 Å². The predicted octanol–water partition coefficient (Wildman–Crippen LogP) is 5.29. The minimum Gasteiger partial charge on any atom is -0.507 e. The number of halogens is 1. The molecule has 1 aliphatic rings. The normalized spacial score (nSPS) is 14.8. The number of aromatic hydroxyl groups is 1. The second-order valence-electron chi connectivity index (χ2n) is 8.18. The van der Waals surface area contributed by atoms with E-state index in [1.165, 1.54) is 33.7 Å². The van der Waals surface area contributed by atoms with Crippen molar-refractivity contribution >= 4 is 28.5 Å². The molecule has 1 N–H and O–H groups in total. The Morgan fingerprint density at radius 1 is 0.944 bits per heavy atom. The standard InChI is InChI=1S/C27H21ClO8/c1-32-19-11-21(34-3)20(33-2)8-15(19)16-9-23(30)36-22-10-18(29)25-26(31)17(12-35-27(25)24(16)22)13-4-6-14(28)7-5-13/h4-8,10-12,16,29H,9H2,1-3H3. The van der Waals surface area contributed by atoms with Crippen LogP contribution >= 0.6 is 11.6 Å². The van der Waals surface area contributed by atoms with Gasteiger partial charge in [-0.15, -0.1) is 0 Å². The van der Waals surface area contributed by atoms with Gasteiger partial charge in [-0.3, -0.25) is 9.59 Å². The lowest BCUT2D eigenvalue weighted by molar-refractivity contribution is -0.135. The summed E-state index contributed by atoms with van der Waals surface area (Å²) in [5.74, 6) is -0.0669. The number of phenolic OH excluding ortho intramolecular Hbond substituents is 1. The SMILES string of the molecule is COc1cc(OC)c(C2CC(=O)Oc3cc(O)c4c(=O)c(-c5ccc(Cl)cc5)coc4c32)cc1OC. The van der Waals surface area contributed by atoms with Crippen molar-refractivity contribution in [3.63, 3.8) is 0 Å². The predicted molar refractivity (Wildman–Crippen MR) is 133 cm³/mol. The van der Waals surface area contributed by atoms with Gasteiger partial charge in [0.1, 0.15) is 34.5 Å². The maximum atomic E-state index is 13.5. The van der Waals surface area contributed by atoms with E-state index in [2.05, 4.69) is 0 Å². The van der Waals surface area contributed by atoms with Crippen LogP contribution in [0.25, 0.3) is 22.1 Å². The summed E-state index contributed by atoms with van der Waals surface area (Å²) in [7, 11) is 4.51. The molecule has 2 heterocycles. The van der Waals surface area contributed by atoms with Crippen LogP contribution in [-0.4, -0.2) is 32.4 Å². The van der Waals surface area contributed by atoms with Gasteiger partial charge in [-0.2, -0.15) is 0 Å². The zero-order valence-corrected chi connectivity index (χ0v) is 20.3. The number of ether oxygens (including phenoxy) is 4. The van der Waals surface area contributed by atoms with Gasteiger partial charge in [0.15, 0.2) is 11.5 Å². The maximum Gasteiger partial charge on any atom is 0.312 e. The van der Waals surface area contributed by atoms with Crippen molar-refractivity contribution in [2.75, 3.05) is 21.3 Å². The molecule has 0 amide bonds. The van der Waals surface area contributed by atoms with E-state index in [-0.39, 0.29) is 34.5 Å². The highest BCUT2D eigenvalue weighted by atomic mass is 35.5. The van der Waals surface area contributed by atoms with Crippen LogP contribution in [0, 0.1) is 0 Å². The van der Waals surface area contributed by atoms with Gasteiger partial charge >= 0.3 is 5.97 Å². The molecule has 8 nitrogen and oxygen atoms in total. The second-order valence-corrected chi connectivity index (χ2v) is 8.61. The Bertz CT molecular complexity index is 1560. The zero-order valence-electron chi connectivity index (χ0n) is 19.6. The molecule has 0 radical (unpaired) electrons. The third kappa shape index (κ3) is 3.79. The summed E-state index contributed by atoms with van der Waals surface area (Å²) >= 11 is 5.98. The number of rotatable bonds is 5. The smallest absolute Gasteiger partial charge is 0.312 e. The Labute approximate surface area is 210 Å². The van der Waals surface area contributed by atoms with E-state index in [0.717, 1.165) is 0 Å². The van der Waals surface area contributed by atoms with Gasteiger partial charge in [0.05, 0.1) is 33.3 Å². The minimum atomic E-state index is -0.622. The number of esters is 1. The van der Waals surface area contributed by atoms with Crippen molar-refractivity contribution in [1.82, 2.24) is 0 Å². The van der Waals surface area contributed by atoms with Gasteiger partial charge in [0, 0.05) is 34.2 Å². The number of fused-ring (bicyclic) bond motifs is 3. The Kier molecular flexibility index (Phi) is 5.97. The first-order chi connectivity index (χ1) is 17.4. The average molecular weight is 509 g/mol. The number of hydrogen-bond donors (Lipinski definition) is 1. The van der Waals surface area contributed by atoms with Crippen LogP contribution in [0.15, 0.2) is 57.9 Å². The van der Waals surface area contributed by atoms with E-state index in [1.807, 2.05) is 0 Å². The van der Waals surface area contributed by atoms with Crippen LogP contribution in [0.4, 0.5) is 0 Å². The number of hydrogen-bond acceptors (Lipinski definition) is 8. The van der Waals surface area contributed by atoms with Crippen LogP contribution < -0.4 is 24.4 Å². The topological polar surface area (TPSA) is 104 Å². The minimum absolute atomic E-state index is 0.0245. The summed E-state index contributed by atoms with van der Waals surface area (Å²) in [6, 6.07) is 11.3. The maximum absolute atomic E-state index is 13.5. The fraction of sp³-hybridized carbons (Fsp3) is 0.185. The quantitative estimate of drug-likeness (QED) is 0.286. The lowest BCUT2D eigenvalue weighted by Crippen LogP contribution is -2.22. The van der Waals surface area contributed by atoms with Crippen LogP contribution in [0.5, 0.6) is 28.7 Å². The van der Waals surface area contributed by atoms with Crippen molar-refractivity contribution in [3.05, 3.63) is 75.1 Å². The van der Waals surface area contributed by atoms with Gasteiger partial charge in [0.25, 0.3) is 0 Å². The molecule has 5 rings (SSSR count). The number of methoxy groups -OCH3 is 3. The molecule has 0 saturated carbocycles. The molecule has 3 aromatic carbocycles. The highest BCUT2D eigenvalue weighted by molar-refractivity contribution is 6.30.